The smallest absolute Gasteiger partial charge is 0.00439 e. The number of rotatable bonds is 4. The fraction of sp³-hybridized carbons (Fsp3) is 1.00. The standard InChI is InChI=1S/C11H24N2/c1-9(2)7-11(12)8-10-3-5-13-6-4-10/h9-11,13H,3-8,12H2,1-2H3. The van der Waals surface area contributed by atoms with Crippen LogP contribution in [0.5, 0.6) is 0 Å². The third kappa shape index (κ3) is 4.63. The van der Waals surface area contributed by atoms with Gasteiger partial charge in [0.15, 0.2) is 0 Å². The predicted molar refractivity (Wildman–Crippen MR) is 57.6 cm³/mol. The van der Waals surface area contributed by atoms with E-state index in [9.17, 15) is 0 Å². The third-order valence-electron chi connectivity index (χ3n) is 2.87. The largest absolute Gasteiger partial charge is 0.328 e. The molecule has 78 valence electrons. The summed E-state index contributed by atoms with van der Waals surface area (Å²) in [7, 11) is 0. The van der Waals surface area contributed by atoms with E-state index in [1.54, 1.807) is 0 Å². The monoisotopic (exact) mass is 184 g/mol. The first-order valence-electron chi connectivity index (χ1n) is 5.64. The molecule has 0 aromatic rings. The van der Waals surface area contributed by atoms with Gasteiger partial charge in [0, 0.05) is 6.04 Å². The average molecular weight is 184 g/mol. The molecule has 1 aliphatic heterocycles. The van der Waals surface area contributed by atoms with Crippen LogP contribution < -0.4 is 11.1 Å². The Bertz CT molecular complexity index is 128. The van der Waals surface area contributed by atoms with Gasteiger partial charge in [0.25, 0.3) is 0 Å². The van der Waals surface area contributed by atoms with Crippen molar-refractivity contribution in [3.8, 4) is 0 Å². The minimum atomic E-state index is 0.433. The molecule has 3 N–H and O–H groups in total. The van der Waals surface area contributed by atoms with Crippen molar-refractivity contribution < 1.29 is 0 Å². The summed E-state index contributed by atoms with van der Waals surface area (Å²) >= 11 is 0. The molecule has 1 unspecified atom stereocenters. The normalized spacial score (nSPS) is 22.2. The third-order valence-corrected chi connectivity index (χ3v) is 2.87. The lowest BCUT2D eigenvalue weighted by Crippen LogP contribution is -2.32. The molecule has 1 fully saturated rings. The van der Waals surface area contributed by atoms with Crippen molar-refractivity contribution in [3.05, 3.63) is 0 Å². The first kappa shape index (κ1) is 11.0. The molecule has 0 saturated carbocycles. The summed E-state index contributed by atoms with van der Waals surface area (Å²) < 4.78 is 0. The molecule has 1 saturated heterocycles. The van der Waals surface area contributed by atoms with E-state index in [1.807, 2.05) is 0 Å². The molecular formula is C11H24N2. The summed E-state index contributed by atoms with van der Waals surface area (Å²) in [6.45, 7) is 6.89. The molecule has 0 aromatic carbocycles. The molecule has 13 heavy (non-hydrogen) atoms. The first-order chi connectivity index (χ1) is 6.18. The first-order valence-corrected chi connectivity index (χ1v) is 5.64. The summed E-state index contributed by atoms with van der Waals surface area (Å²) in [5.41, 5.74) is 6.09. The van der Waals surface area contributed by atoms with Gasteiger partial charge in [-0.2, -0.15) is 0 Å². The lowest BCUT2D eigenvalue weighted by atomic mass is 9.88. The average Bonchev–Trinajstić information content (AvgIpc) is 2.04. The lowest BCUT2D eigenvalue weighted by molar-refractivity contribution is 0.314. The Balaban J connectivity index is 2.14. The van der Waals surface area contributed by atoms with Crippen LogP contribution in [0.4, 0.5) is 0 Å². The van der Waals surface area contributed by atoms with Crippen LogP contribution in [0.25, 0.3) is 0 Å². The zero-order valence-electron chi connectivity index (χ0n) is 9.05. The van der Waals surface area contributed by atoms with Crippen LogP contribution in [0, 0.1) is 11.8 Å². The van der Waals surface area contributed by atoms with Gasteiger partial charge in [-0.15, -0.1) is 0 Å². The Morgan fingerprint density at radius 3 is 2.46 bits per heavy atom. The molecule has 0 bridgehead atoms. The minimum absolute atomic E-state index is 0.433. The highest BCUT2D eigenvalue weighted by atomic mass is 14.9. The maximum atomic E-state index is 6.09. The molecule has 1 atom stereocenters. The molecule has 0 radical (unpaired) electrons. The number of hydrogen-bond donors (Lipinski definition) is 2. The van der Waals surface area contributed by atoms with Crippen LogP contribution in [-0.4, -0.2) is 19.1 Å². The maximum Gasteiger partial charge on any atom is 0.00439 e. The van der Waals surface area contributed by atoms with Crippen molar-refractivity contribution in [2.45, 2.75) is 45.6 Å². The van der Waals surface area contributed by atoms with Crippen molar-refractivity contribution in [3.63, 3.8) is 0 Å². The summed E-state index contributed by atoms with van der Waals surface area (Å²) in [6, 6.07) is 0.433. The number of nitrogens with one attached hydrogen (secondary N) is 1. The van der Waals surface area contributed by atoms with Crippen LogP contribution >= 0.6 is 0 Å². The Labute approximate surface area is 82.3 Å². The summed E-state index contributed by atoms with van der Waals surface area (Å²) in [5.74, 6) is 1.63. The number of piperidine rings is 1. The Kier molecular flexibility index (Phi) is 4.74. The van der Waals surface area contributed by atoms with Gasteiger partial charge in [0.2, 0.25) is 0 Å². The van der Waals surface area contributed by atoms with Crippen LogP contribution in [-0.2, 0) is 0 Å². The topological polar surface area (TPSA) is 38.0 Å². The quantitative estimate of drug-likeness (QED) is 0.698. The van der Waals surface area contributed by atoms with Crippen molar-refractivity contribution in [2.75, 3.05) is 13.1 Å². The highest BCUT2D eigenvalue weighted by molar-refractivity contribution is 4.74. The molecule has 2 nitrogen and oxygen atoms in total. The van der Waals surface area contributed by atoms with Gasteiger partial charge in [-0.25, -0.2) is 0 Å². The van der Waals surface area contributed by atoms with E-state index in [-0.39, 0.29) is 0 Å². The van der Waals surface area contributed by atoms with Gasteiger partial charge < -0.3 is 11.1 Å². The van der Waals surface area contributed by atoms with E-state index >= 15 is 0 Å². The van der Waals surface area contributed by atoms with E-state index in [1.165, 1.54) is 38.8 Å². The van der Waals surface area contributed by atoms with Crippen molar-refractivity contribution >= 4 is 0 Å². The fourth-order valence-electron chi connectivity index (χ4n) is 2.25. The number of nitrogens with two attached hydrogens (primary N) is 1. The zero-order valence-corrected chi connectivity index (χ0v) is 9.05. The summed E-state index contributed by atoms with van der Waals surface area (Å²) in [5, 5.41) is 3.39. The van der Waals surface area contributed by atoms with Gasteiger partial charge in [-0.3, -0.25) is 0 Å². The Hall–Kier alpha value is -0.0800. The molecule has 0 spiro atoms. The lowest BCUT2D eigenvalue weighted by Gasteiger charge is -2.25. The second-order valence-electron chi connectivity index (χ2n) is 4.82. The van der Waals surface area contributed by atoms with Gasteiger partial charge in [0.1, 0.15) is 0 Å². The van der Waals surface area contributed by atoms with E-state index < -0.39 is 0 Å². The summed E-state index contributed by atoms with van der Waals surface area (Å²) in [4.78, 5) is 0. The fourth-order valence-corrected chi connectivity index (χ4v) is 2.25. The second-order valence-corrected chi connectivity index (χ2v) is 4.82. The molecule has 0 amide bonds. The van der Waals surface area contributed by atoms with Gasteiger partial charge in [-0.1, -0.05) is 13.8 Å². The van der Waals surface area contributed by atoms with Crippen LogP contribution in [0.15, 0.2) is 0 Å². The maximum absolute atomic E-state index is 6.09. The molecular weight excluding hydrogens is 160 g/mol. The highest BCUT2D eigenvalue weighted by Gasteiger charge is 2.16. The van der Waals surface area contributed by atoms with E-state index in [0.717, 1.165) is 11.8 Å². The molecule has 0 aliphatic carbocycles. The Morgan fingerprint density at radius 2 is 1.92 bits per heavy atom. The van der Waals surface area contributed by atoms with E-state index in [2.05, 4.69) is 19.2 Å². The van der Waals surface area contributed by atoms with E-state index in [4.69, 9.17) is 5.73 Å². The van der Waals surface area contributed by atoms with Gasteiger partial charge in [-0.05, 0) is 50.6 Å². The van der Waals surface area contributed by atoms with Gasteiger partial charge in [0.05, 0.1) is 0 Å². The van der Waals surface area contributed by atoms with Crippen molar-refractivity contribution in [1.82, 2.24) is 5.32 Å². The van der Waals surface area contributed by atoms with Crippen LogP contribution in [0.2, 0.25) is 0 Å². The SMILES string of the molecule is CC(C)CC(N)CC1CCNCC1. The Morgan fingerprint density at radius 1 is 1.31 bits per heavy atom. The predicted octanol–water partition coefficient (Wildman–Crippen LogP) is 1.75. The van der Waals surface area contributed by atoms with Crippen LogP contribution in [0.3, 0.4) is 0 Å². The molecule has 2 heteroatoms. The van der Waals surface area contributed by atoms with E-state index in [0.29, 0.717) is 6.04 Å². The molecule has 1 aliphatic rings. The van der Waals surface area contributed by atoms with Crippen LogP contribution in [0.1, 0.15) is 39.5 Å². The summed E-state index contributed by atoms with van der Waals surface area (Å²) in [6.07, 6.45) is 5.07. The van der Waals surface area contributed by atoms with Crippen molar-refractivity contribution in [1.29, 1.82) is 0 Å². The second kappa shape index (κ2) is 5.61. The zero-order chi connectivity index (χ0) is 9.68. The highest BCUT2D eigenvalue weighted by Crippen LogP contribution is 2.19. The number of hydrogen-bond acceptors (Lipinski definition) is 2. The van der Waals surface area contributed by atoms with Gasteiger partial charge >= 0.3 is 0 Å². The van der Waals surface area contributed by atoms with Crippen molar-refractivity contribution in [2.24, 2.45) is 17.6 Å². The molecule has 1 heterocycles. The molecule has 0 aromatic heterocycles. The molecule has 1 rings (SSSR count). The minimum Gasteiger partial charge on any atom is -0.328 e.